The van der Waals surface area contributed by atoms with Crippen molar-refractivity contribution in [2.24, 2.45) is 0 Å². The maximum absolute atomic E-state index is 4.24. The van der Waals surface area contributed by atoms with Crippen molar-refractivity contribution in [3.63, 3.8) is 0 Å². The summed E-state index contributed by atoms with van der Waals surface area (Å²) in [5.74, 6) is 0. The van der Waals surface area contributed by atoms with E-state index in [-0.39, 0.29) is 0 Å². The molecule has 1 aromatic carbocycles. The first-order chi connectivity index (χ1) is 8.31. The van der Waals surface area contributed by atoms with Gasteiger partial charge in [-0.15, -0.1) is 0 Å². The summed E-state index contributed by atoms with van der Waals surface area (Å²) in [5.41, 5.74) is 3.81. The highest BCUT2D eigenvalue weighted by Crippen LogP contribution is 2.18. The molecule has 1 aromatic rings. The predicted molar refractivity (Wildman–Crippen MR) is 73.9 cm³/mol. The normalized spacial score (nSPS) is 16.6. The van der Waals surface area contributed by atoms with Crippen LogP contribution in [0.2, 0.25) is 0 Å². The van der Waals surface area contributed by atoms with Gasteiger partial charge in [-0.2, -0.15) is 0 Å². The van der Waals surface area contributed by atoms with E-state index in [9.17, 15) is 0 Å². The monoisotopic (exact) mass is 230 g/mol. The first-order valence-corrected chi connectivity index (χ1v) is 6.55. The smallest absolute Gasteiger partial charge is 0.0367 e. The molecule has 92 valence electrons. The molecule has 2 heteroatoms. The van der Waals surface area contributed by atoms with Crippen LogP contribution in [0.1, 0.15) is 24.5 Å². The molecule has 1 N–H and O–H groups in total. The van der Waals surface area contributed by atoms with E-state index in [0.29, 0.717) is 0 Å². The molecule has 2 rings (SSSR count). The zero-order chi connectivity index (χ0) is 12.1. The van der Waals surface area contributed by atoms with E-state index in [4.69, 9.17) is 0 Å². The second-order valence-corrected chi connectivity index (χ2v) is 4.59. The van der Waals surface area contributed by atoms with E-state index in [1.54, 1.807) is 0 Å². The number of hydrogen-bond acceptors (Lipinski definition) is 2. The van der Waals surface area contributed by atoms with Crippen molar-refractivity contribution in [1.82, 2.24) is 10.2 Å². The van der Waals surface area contributed by atoms with Gasteiger partial charge >= 0.3 is 0 Å². The second-order valence-electron chi connectivity index (χ2n) is 4.59. The Balaban J connectivity index is 2.06. The molecule has 0 saturated carbocycles. The van der Waals surface area contributed by atoms with Crippen molar-refractivity contribution in [3.8, 4) is 0 Å². The zero-order valence-corrected chi connectivity index (χ0v) is 10.7. The summed E-state index contributed by atoms with van der Waals surface area (Å²) in [6.07, 6.45) is 2.30. The van der Waals surface area contributed by atoms with Crippen LogP contribution in [-0.2, 0) is 6.42 Å². The van der Waals surface area contributed by atoms with Crippen molar-refractivity contribution in [3.05, 3.63) is 42.0 Å². The first-order valence-electron chi connectivity index (χ1n) is 6.55. The molecule has 1 aliphatic heterocycles. The lowest BCUT2D eigenvalue weighted by atomic mass is 10.1. The summed E-state index contributed by atoms with van der Waals surface area (Å²) in [7, 11) is 0. The average Bonchev–Trinajstić information content (AvgIpc) is 2.67. The molecule has 1 fully saturated rings. The number of rotatable bonds is 3. The van der Waals surface area contributed by atoms with Gasteiger partial charge in [0.1, 0.15) is 0 Å². The summed E-state index contributed by atoms with van der Waals surface area (Å²) >= 11 is 0. The fourth-order valence-corrected chi connectivity index (χ4v) is 2.23. The summed E-state index contributed by atoms with van der Waals surface area (Å²) in [4.78, 5) is 2.39. The van der Waals surface area contributed by atoms with E-state index in [1.165, 1.54) is 17.5 Å². The highest BCUT2D eigenvalue weighted by molar-refractivity contribution is 5.62. The highest BCUT2D eigenvalue weighted by Gasteiger charge is 2.11. The SMILES string of the molecule is C=C(c1ccc(CC)cc1)N1CCCNCC1. The third-order valence-electron chi connectivity index (χ3n) is 3.42. The molecule has 1 saturated heterocycles. The van der Waals surface area contributed by atoms with Crippen molar-refractivity contribution < 1.29 is 0 Å². The summed E-state index contributed by atoms with van der Waals surface area (Å²) in [5, 5.41) is 3.42. The minimum absolute atomic E-state index is 1.06. The largest absolute Gasteiger partial charge is 0.370 e. The molecule has 0 amide bonds. The van der Waals surface area contributed by atoms with Gasteiger partial charge in [0.15, 0.2) is 0 Å². The molecule has 2 nitrogen and oxygen atoms in total. The Morgan fingerprint density at radius 3 is 2.71 bits per heavy atom. The molecular weight excluding hydrogens is 208 g/mol. The third kappa shape index (κ3) is 3.10. The summed E-state index contributed by atoms with van der Waals surface area (Å²) in [6.45, 7) is 10.8. The molecule has 1 aliphatic rings. The highest BCUT2D eigenvalue weighted by atomic mass is 15.2. The van der Waals surface area contributed by atoms with Gasteiger partial charge in [0.2, 0.25) is 0 Å². The van der Waals surface area contributed by atoms with Crippen molar-refractivity contribution >= 4 is 5.70 Å². The Kier molecular flexibility index (Phi) is 4.21. The average molecular weight is 230 g/mol. The van der Waals surface area contributed by atoms with Crippen LogP contribution in [0.4, 0.5) is 0 Å². The van der Waals surface area contributed by atoms with Gasteiger partial charge in [0.05, 0.1) is 0 Å². The molecule has 0 atom stereocenters. The van der Waals surface area contributed by atoms with Gasteiger partial charge in [0.25, 0.3) is 0 Å². The standard InChI is InChI=1S/C15H22N2/c1-3-14-5-7-15(8-6-14)13(2)17-11-4-9-16-10-12-17/h5-8,16H,2-4,9-12H2,1H3. The van der Waals surface area contributed by atoms with E-state index >= 15 is 0 Å². The molecule has 0 aliphatic carbocycles. The maximum atomic E-state index is 4.24. The fraction of sp³-hybridized carbons (Fsp3) is 0.467. The van der Waals surface area contributed by atoms with Gasteiger partial charge in [0, 0.05) is 25.3 Å². The van der Waals surface area contributed by atoms with Crippen molar-refractivity contribution in [2.75, 3.05) is 26.2 Å². The minimum atomic E-state index is 1.06. The fourth-order valence-electron chi connectivity index (χ4n) is 2.23. The molecule has 0 unspecified atom stereocenters. The molecule has 0 bridgehead atoms. The summed E-state index contributed by atoms with van der Waals surface area (Å²) < 4.78 is 0. The van der Waals surface area contributed by atoms with E-state index in [1.807, 2.05) is 0 Å². The van der Waals surface area contributed by atoms with Crippen LogP contribution in [0.25, 0.3) is 5.70 Å². The molecule has 1 heterocycles. The lowest BCUT2D eigenvalue weighted by molar-refractivity contribution is 0.425. The summed E-state index contributed by atoms with van der Waals surface area (Å²) in [6, 6.07) is 8.80. The van der Waals surface area contributed by atoms with Gasteiger partial charge in [-0.1, -0.05) is 37.8 Å². The van der Waals surface area contributed by atoms with E-state index in [2.05, 4.69) is 48.0 Å². The van der Waals surface area contributed by atoms with Crippen LogP contribution in [0, 0.1) is 0 Å². The predicted octanol–water partition coefficient (Wildman–Crippen LogP) is 2.52. The van der Waals surface area contributed by atoms with Crippen LogP contribution in [0.3, 0.4) is 0 Å². The van der Waals surface area contributed by atoms with Crippen LogP contribution < -0.4 is 5.32 Å². The van der Waals surface area contributed by atoms with E-state index in [0.717, 1.165) is 38.3 Å². The second kappa shape index (κ2) is 5.87. The number of benzene rings is 1. The van der Waals surface area contributed by atoms with E-state index < -0.39 is 0 Å². The number of nitrogens with one attached hydrogen (secondary N) is 1. The Labute approximate surface area is 104 Å². The number of nitrogens with zero attached hydrogens (tertiary/aromatic N) is 1. The molecular formula is C15H22N2. The van der Waals surface area contributed by atoms with Crippen molar-refractivity contribution in [2.45, 2.75) is 19.8 Å². The number of aryl methyl sites for hydroxylation is 1. The van der Waals surface area contributed by atoms with Crippen LogP contribution >= 0.6 is 0 Å². The Morgan fingerprint density at radius 2 is 2.00 bits per heavy atom. The zero-order valence-electron chi connectivity index (χ0n) is 10.7. The van der Waals surface area contributed by atoms with Gasteiger partial charge in [-0.05, 0) is 30.5 Å². The van der Waals surface area contributed by atoms with Gasteiger partial charge in [-0.3, -0.25) is 0 Å². The van der Waals surface area contributed by atoms with Crippen LogP contribution in [0.15, 0.2) is 30.8 Å². The Bertz CT molecular complexity index is 359. The van der Waals surface area contributed by atoms with Gasteiger partial charge < -0.3 is 10.2 Å². The van der Waals surface area contributed by atoms with Gasteiger partial charge in [-0.25, -0.2) is 0 Å². The molecule has 0 radical (unpaired) electrons. The third-order valence-corrected chi connectivity index (χ3v) is 3.42. The molecule has 0 spiro atoms. The lowest BCUT2D eigenvalue weighted by Gasteiger charge is -2.24. The Morgan fingerprint density at radius 1 is 1.24 bits per heavy atom. The van der Waals surface area contributed by atoms with Crippen molar-refractivity contribution in [1.29, 1.82) is 0 Å². The first kappa shape index (κ1) is 12.2. The minimum Gasteiger partial charge on any atom is -0.370 e. The topological polar surface area (TPSA) is 15.3 Å². The quantitative estimate of drug-likeness (QED) is 0.858. The maximum Gasteiger partial charge on any atom is 0.0367 e. The number of hydrogen-bond donors (Lipinski definition) is 1. The Hall–Kier alpha value is -1.28. The molecule has 17 heavy (non-hydrogen) atoms. The molecule has 0 aromatic heterocycles. The van der Waals surface area contributed by atoms with Crippen LogP contribution in [0.5, 0.6) is 0 Å². The van der Waals surface area contributed by atoms with Crippen LogP contribution in [-0.4, -0.2) is 31.1 Å². The lowest BCUT2D eigenvalue weighted by Crippen LogP contribution is -2.26.